The number of pyridine rings is 1. The van der Waals surface area contributed by atoms with Crippen LogP contribution in [0.15, 0.2) is 65.7 Å². The number of rotatable bonds is 4. The van der Waals surface area contributed by atoms with Crippen molar-refractivity contribution < 1.29 is 17.9 Å². The maximum Gasteiger partial charge on any atom is 0.263 e. The molecule has 2 heterocycles. The van der Waals surface area contributed by atoms with Gasteiger partial charge in [-0.2, -0.15) is 0 Å². The van der Waals surface area contributed by atoms with Crippen molar-refractivity contribution in [2.24, 2.45) is 0 Å². The molecule has 1 amide bonds. The van der Waals surface area contributed by atoms with E-state index in [4.69, 9.17) is 16.3 Å². The van der Waals surface area contributed by atoms with E-state index in [-0.39, 0.29) is 22.8 Å². The van der Waals surface area contributed by atoms with E-state index in [1.165, 1.54) is 23.1 Å². The van der Waals surface area contributed by atoms with Crippen molar-refractivity contribution in [3.8, 4) is 11.5 Å². The fourth-order valence-electron chi connectivity index (χ4n) is 2.95. The number of carbonyl (C=O) groups is 1. The minimum Gasteiger partial charge on any atom is -0.453 e. The monoisotopic (exact) mass is 429 g/mol. The molecule has 1 aliphatic heterocycles. The molecule has 9 heteroatoms. The van der Waals surface area contributed by atoms with Crippen molar-refractivity contribution in [3.05, 3.63) is 76.9 Å². The molecule has 1 aromatic heterocycles. The number of anilines is 1. The molecule has 7 nitrogen and oxygen atoms in total. The number of fused-ring (bicyclic) bond motifs is 2. The van der Waals surface area contributed by atoms with Gasteiger partial charge in [0.05, 0.1) is 10.5 Å². The number of hydrogen-bond donors (Lipinski definition) is 1. The number of aromatic nitrogens is 1. The highest BCUT2D eigenvalue weighted by Gasteiger charge is 2.28. The summed E-state index contributed by atoms with van der Waals surface area (Å²) >= 11 is 5.94. The van der Waals surface area contributed by atoms with Crippen LogP contribution in [0.1, 0.15) is 15.9 Å². The van der Waals surface area contributed by atoms with Gasteiger partial charge < -0.3 is 4.74 Å². The van der Waals surface area contributed by atoms with Gasteiger partial charge in [-0.25, -0.2) is 18.1 Å². The standard InChI is InChI=1S/C20H16ClN3O4S/c1-24-19-18(6-3-9-22-19)28-17-8-7-15(11-16(17)20(24)25)29(26,27)23-12-13-4-2-5-14(21)10-13/h2-11,23H,12H2,1H3. The lowest BCUT2D eigenvalue weighted by Gasteiger charge is -2.14. The lowest BCUT2D eigenvalue weighted by atomic mass is 10.2. The first-order chi connectivity index (χ1) is 13.8. The Labute approximate surface area is 173 Å². The van der Waals surface area contributed by atoms with Gasteiger partial charge >= 0.3 is 0 Å². The van der Waals surface area contributed by atoms with Gasteiger partial charge in [-0.15, -0.1) is 0 Å². The second-order valence-corrected chi connectivity index (χ2v) is 8.61. The predicted octanol–water partition coefficient (Wildman–Crippen LogP) is 3.60. The van der Waals surface area contributed by atoms with Crippen LogP contribution in [0.4, 0.5) is 5.82 Å². The van der Waals surface area contributed by atoms with Crippen LogP contribution >= 0.6 is 11.6 Å². The van der Waals surface area contributed by atoms with Crippen LogP contribution in [-0.2, 0) is 16.6 Å². The second-order valence-electron chi connectivity index (χ2n) is 6.40. The number of sulfonamides is 1. The molecule has 4 rings (SSSR count). The third-order valence-corrected chi connectivity index (χ3v) is 6.07. The van der Waals surface area contributed by atoms with E-state index in [0.29, 0.717) is 16.6 Å². The van der Waals surface area contributed by atoms with Gasteiger partial charge in [-0.05, 0) is 48.0 Å². The summed E-state index contributed by atoms with van der Waals surface area (Å²) in [5.74, 6) is 0.626. The van der Waals surface area contributed by atoms with Crippen molar-refractivity contribution in [2.45, 2.75) is 11.4 Å². The van der Waals surface area contributed by atoms with E-state index in [2.05, 4.69) is 9.71 Å². The number of hydrogen-bond acceptors (Lipinski definition) is 5. The summed E-state index contributed by atoms with van der Waals surface area (Å²) in [4.78, 5) is 18.3. The van der Waals surface area contributed by atoms with Crippen LogP contribution in [-0.4, -0.2) is 26.4 Å². The lowest BCUT2D eigenvalue weighted by Crippen LogP contribution is -2.27. The molecule has 0 saturated heterocycles. The normalized spacial score (nSPS) is 13.3. The van der Waals surface area contributed by atoms with Gasteiger partial charge in [0.1, 0.15) is 5.75 Å². The van der Waals surface area contributed by atoms with Crippen molar-refractivity contribution in [1.29, 1.82) is 0 Å². The first-order valence-electron chi connectivity index (χ1n) is 8.64. The third-order valence-electron chi connectivity index (χ3n) is 4.44. The molecule has 2 aromatic carbocycles. The minimum atomic E-state index is -3.86. The van der Waals surface area contributed by atoms with Crippen LogP contribution in [0.25, 0.3) is 0 Å². The van der Waals surface area contributed by atoms with Crippen molar-refractivity contribution in [2.75, 3.05) is 11.9 Å². The maximum absolute atomic E-state index is 12.9. The van der Waals surface area contributed by atoms with E-state index < -0.39 is 15.9 Å². The van der Waals surface area contributed by atoms with Gasteiger partial charge in [0.25, 0.3) is 5.91 Å². The summed E-state index contributed by atoms with van der Waals surface area (Å²) in [7, 11) is -2.30. The Morgan fingerprint density at radius 2 is 1.93 bits per heavy atom. The zero-order chi connectivity index (χ0) is 20.6. The summed E-state index contributed by atoms with van der Waals surface area (Å²) in [6, 6.07) is 14.5. The van der Waals surface area contributed by atoms with Crippen molar-refractivity contribution >= 4 is 33.3 Å². The molecule has 148 valence electrons. The molecule has 0 atom stereocenters. The van der Waals surface area contributed by atoms with Crippen molar-refractivity contribution in [3.63, 3.8) is 0 Å². The zero-order valence-electron chi connectivity index (χ0n) is 15.3. The Morgan fingerprint density at radius 1 is 1.10 bits per heavy atom. The quantitative estimate of drug-likeness (QED) is 0.684. The smallest absolute Gasteiger partial charge is 0.263 e. The number of halogens is 1. The van der Waals surface area contributed by atoms with Gasteiger partial charge in [0.2, 0.25) is 10.0 Å². The molecular formula is C20H16ClN3O4S. The molecule has 0 spiro atoms. The molecule has 0 aliphatic carbocycles. The van der Waals surface area contributed by atoms with Gasteiger partial charge in [-0.3, -0.25) is 9.69 Å². The molecule has 0 fully saturated rings. The van der Waals surface area contributed by atoms with Crippen LogP contribution in [0.5, 0.6) is 11.5 Å². The van der Waals surface area contributed by atoms with Gasteiger partial charge in [0, 0.05) is 24.8 Å². The predicted molar refractivity (Wildman–Crippen MR) is 109 cm³/mol. The first-order valence-corrected chi connectivity index (χ1v) is 10.5. The molecular weight excluding hydrogens is 414 g/mol. The summed E-state index contributed by atoms with van der Waals surface area (Å²) in [6.45, 7) is 0.0691. The Kier molecular flexibility index (Phi) is 4.99. The highest BCUT2D eigenvalue weighted by atomic mass is 35.5. The summed E-state index contributed by atoms with van der Waals surface area (Å²) in [6.07, 6.45) is 1.55. The second kappa shape index (κ2) is 7.47. The highest BCUT2D eigenvalue weighted by molar-refractivity contribution is 7.89. The van der Waals surface area contributed by atoms with Crippen LogP contribution in [0.2, 0.25) is 5.02 Å². The fourth-order valence-corrected chi connectivity index (χ4v) is 4.21. The number of nitrogens with one attached hydrogen (secondary N) is 1. The molecule has 0 bridgehead atoms. The number of carbonyl (C=O) groups excluding carboxylic acids is 1. The number of amides is 1. The molecule has 0 unspecified atom stereocenters. The summed E-state index contributed by atoms with van der Waals surface area (Å²) in [5, 5.41) is 0.519. The highest BCUT2D eigenvalue weighted by Crippen LogP contribution is 2.37. The van der Waals surface area contributed by atoms with E-state index in [0.717, 1.165) is 5.56 Å². The fraction of sp³-hybridized carbons (Fsp3) is 0.100. The number of benzene rings is 2. The average Bonchev–Trinajstić information content (AvgIpc) is 2.81. The maximum atomic E-state index is 12.9. The van der Waals surface area contributed by atoms with Gasteiger partial charge in [0.15, 0.2) is 11.6 Å². The van der Waals surface area contributed by atoms with Crippen molar-refractivity contribution in [1.82, 2.24) is 9.71 Å². The Balaban J connectivity index is 1.65. The number of nitrogens with zero attached hydrogens (tertiary/aromatic N) is 2. The van der Waals surface area contributed by atoms with Crippen LogP contribution in [0.3, 0.4) is 0 Å². The minimum absolute atomic E-state index is 0.0393. The van der Waals surface area contributed by atoms with Crippen LogP contribution in [0, 0.1) is 0 Å². The lowest BCUT2D eigenvalue weighted by molar-refractivity contribution is 0.0992. The molecule has 3 aromatic rings. The van der Waals surface area contributed by atoms with E-state index in [9.17, 15) is 13.2 Å². The van der Waals surface area contributed by atoms with Crippen LogP contribution < -0.4 is 14.4 Å². The first kappa shape index (κ1) is 19.4. The zero-order valence-corrected chi connectivity index (χ0v) is 16.9. The molecule has 1 N–H and O–H groups in total. The third kappa shape index (κ3) is 3.82. The number of ether oxygens (including phenoxy) is 1. The average molecular weight is 430 g/mol. The van der Waals surface area contributed by atoms with Gasteiger partial charge in [-0.1, -0.05) is 23.7 Å². The largest absolute Gasteiger partial charge is 0.453 e. The molecule has 1 aliphatic rings. The van der Waals surface area contributed by atoms with E-state index >= 15 is 0 Å². The SMILES string of the molecule is CN1C(=O)c2cc(S(=O)(=O)NCc3cccc(Cl)c3)ccc2Oc2cccnc21. The van der Waals surface area contributed by atoms with E-state index in [1.807, 2.05) is 0 Å². The Morgan fingerprint density at radius 3 is 2.72 bits per heavy atom. The Hall–Kier alpha value is -2.94. The Bertz CT molecular complexity index is 1210. The summed E-state index contributed by atoms with van der Waals surface area (Å²) in [5.41, 5.74) is 0.854. The molecule has 0 radical (unpaired) electrons. The summed E-state index contributed by atoms with van der Waals surface area (Å²) < 4.78 is 33.8. The topological polar surface area (TPSA) is 88.6 Å². The molecule has 29 heavy (non-hydrogen) atoms. The molecule has 0 saturated carbocycles. The van der Waals surface area contributed by atoms with E-state index in [1.54, 1.807) is 49.6 Å².